The van der Waals surface area contributed by atoms with E-state index in [1.165, 1.54) is 32.4 Å². The zero-order valence-corrected chi connectivity index (χ0v) is 12.4. The highest BCUT2D eigenvalue weighted by atomic mass is 19.1. The third kappa shape index (κ3) is 2.01. The summed E-state index contributed by atoms with van der Waals surface area (Å²) in [5, 5.41) is 0. The van der Waals surface area contributed by atoms with Crippen LogP contribution in [0.3, 0.4) is 0 Å². The van der Waals surface area contributed by atoms with Crippen molar-refractivity contribution in [1.82, 2.24) is 0 Å². The van der Waals surface area contributed by atoms with E-state index in [1.54, 1.807) is 12.1 Å². The van der Waals surface area contributed by atoms with Gasteiger partial charge in [0.25, 0.3) is 0 Å². The van der Waals surface area contributed by atoms with Crippen LogP contribution in [0.2, 0.25) is 0 Å². The van der Waals surface area contributed by atoms with E-state index in [0.717, 1.165) is 19.3 Å². The number of hydrogen-bond donors (Lipinski definition) is 0. The molecule has 0 spiro atoms. The second-order valence-corrected chi connectivity index (χ2v) is 7.37. The van der Waals surface area contributed by atoms with E-state index in [9.17, 15) is 9.18 Å². The van der Waals surface area contributed by atoms with Crippen molar-refractivity contribution in [1.29, 1.82) is 0 Å². The lowest BCUT2D eigenvalue weighted by molar-refractivity contribution is -0.0355. The Morgan fingerprint density at radius 3 is 2.19 bits per heavy atom. The highest BCUT2D eigenvalue weighted by Crippen LogP contribution is 2.61. The largest absolute Gasteiger partial charge is 0.497 e. The monoisotopic (exact) mass is 288 g/mol. The Hall–Kier alpha value is -1.38. The number of ketones is 1. The zero-order valence-electron chi connectivity index (χ0n) is 12.4. The van der Waals surface area contributed by atoms with Crippen molar-refractivity contribution < 1.29 is 13.9 Å². The number of methoxy groups -OCH3 is 1. The SMILES string of the molecule is COc1ccc(C(=O)C23CC4CC(CC(C4)C2)C3)c(F)c1. The van der Waals surface area contributed by atoms with Gasteiger partial charge in [0.15, 0.2) is 5.78 Å². The van der Waals surface area contributed by atoms with E-state index < -0.39 is 5.82 Å². The van der Waals surface area contributed by atoms with Crippen LogP contribution in [0, 0.1) is 29.0 Å². The second kappa shape index (κ2) is 4.56. The quantitative estimate of drug-likeness (QED) is 0.778. The lowest BCUT2D eigenvalue weighted by Crippen LogP contribution is -2.50. The van der Waals surface area contributed by atoms with Gasteiger partial charge in [0, 0.05) is 11.5 Å². The number of Topliss-reactive ketones (excluding diaryl/α,β-unsaturated/α-hetero) is 1. The minimum atomic E-state index is -0.435. The van der Waals surface area contributed by atoms with Gasteiger partial charge >= 0.3 is 0 Å². The van der Waals surface area contributed by atoms with Crippen LogP contribution < -0.4 is 4.74 Å². The maximum atomic E-state index is 14.3. The van der Waals surface area contributed by atoms with Gasteiger partial charge in [-0.25, -0.2) is 4.39 Å². The van der Waals surface area contributed by atoms with Crippen molar-refractivity contribution in [2.75, 3.05) is 7.11 Å². The van der Waals surface area contributed by atoms with E-state index in [0.29, 0.717) is 23.5 Å². The van der Waals surface area contributed by atoms with E-state index in [2.05, 4.69) is 0 Å². The fourth-order valence-corrected chi connectivity index (χ4v) is 5.48. The van der Waals surface area contributed by atoms with Gasteiger partial charge in [0.2, 0.25) is 0 Å². The van der Waals surface area contributed by atoms with Crippen molar-refractivity contribution in [3.8, 4) is 5.75 Å². The summed E-state index contributed by atoms with van der Waals surface area (Å²) in [5.74, 6) is 2.16. The van der Waals surface area contributed by atoms with Crippen LogP contribution in [0.1, 0.15) is 48.9 Å². The number of benzene rings is 1. The predicted octanol–water partition coefficient (Wildman–Crippen LogP) is 4.23. The number of carbonyl (C=O) groups excluding carboxylic acids is 1. The molecule has 21 heavy (non-hydrogen) atoms. The Morgan fingerprint density at radius 1 is 1.14 bits per heavy atom. The fourth-order valence-electron chi connectivity index (χ4n) is 5.48. The van der Waals surface area contributed by atoms with Crippen LogP contribution in [0.15, 0.2) is 18.2 Å². The van der Waals surface area contributed by atoms with Crippen LogP contribution in [0.5, 0.6) is 5.75 Å². The van der Waals surface area contributed by atoms with Crippen molar-refractivity contribution in [2.24, 2.45) is 23.2 Å². The van der Waals surface area contributed by atoms with Gasteiger partial charge in [0.05, 0.1) is 12.7 Å². The summed E-state index contributed by atoms with van der Waals surface area (Å²) in [5.41, 5.74) is -0.0118. The predicted molar refractivity (Wildman–Crippen MR) is 77.9 cm³/mol. The smallest absolute Gasteiger partial charge is 0.171 e. The third-order valence-corrected chi connectivity index (χ3v) is 5.94. The molecular formula is C18H21FO2. The average Bonchev–Trinajstić information content (AvgIpc) is 2.45. The Balaban J connectivity index is 1.68. The highest BCUT2D eigenvalue weighted by molar-refractivity contribution is 6.01. The molecule has 0 atom stereocenters. The van der Waals surface area contributed by atoms with Crippen molar-refractivity contribution in [3.63, 3.8) is 0 Å². The number of hydrogen-bond acceptors (Lipinski definition) is 2. The van der Waals surface area contributed by atoms with Crippen molar-refractivity contribution in [2.45, 2.75) is 38.5 Å². The summed E-state index contributed by atoms with van der Waals surface area (Å²) in [6.45, 7) is 0. The lowest BCUT2D eigenvalue weighted by atomic mass is 9.48. The Labute approximate surface area is 124 Å². The number of ether oxygens (including phenoxy) is 1. The van der Waals surface area contributed by atoms with Crippen LogP contribution in [0.25, 0.3) is 0 Å². The van der Waals surface area contributed by atoms with Gasteiger partial charge in [-0.1, -0.05) is 0 Å². The molecular weight excluding hydrogens is 267 g/mol. The number of halogens is 1. The summed E-state index contributed by atoms with van der Waals surface area (Å²) < 4.78 is 19.3. The molecule has 3 heteroatoms. The highest BCUT2D eigenvalue weighted by Gasteiger charge is 2.54. The molecule has 1 aromatic carbocycles. The number of rotatable bonds is 3. The molecule has 2 nitrogen and oxygen atoms in total. The van der Waals surface area contributed by atoms with Crippen LogP contribution in [-0.2, 0) is 0 Å². The van der Waals surface area contributed by atoms with Crippen molar-refractivity contribution >= 4 is 5.78 Å². The maximum absolute atomic E-state index is 14.3. The Bertz CT molecular complexity index is 558. The van der Waals surface area contributed by atoms with Gasteiger partial charge in [-0.2, -0.15) is 0 Å². The third-order valence-electron chi connectivity index (χ3n) is 5.94. The second-order valence-electron chi connectivity index (χ2n) is 7.37. The molecule has 4 fully saturated rings. The standard InChI is InChI=1S/C18H21FO2/c1-21-14-2-3-15(16(19)7-14)17(20)18-8-11-4-12(9-18)6-13(5-11)10-18/h2-3,7,11-13H,4-6,8-10H2,1H3. The molecule has 0 aliphatic heterocycles. The van der Waals surface area contributed by atoms with Crippen LogP contribution in [0.4, 0.5) is 4.39 Å². The molecule has 0 amide bonds. The molecule has 4 aliphatic carbocycles. The fraction of sp³-hybridized carbons (Fsp3) is 0.611. The molecule has 4 aliphatic rings. The molecule has 0 unspecified atom stereocenters. The Morgan fingerprint density at radius 2 is 1.71 bits per heavy atom. The summed E-state index contributed by atoms with van der Waals surface area (Å²) in [7, 11) is 1.51. The van der Waals surface area contributed by atoms with Gasteiger partial charge in [0.1, 0.15) is 11.6 Å². The first-order valence-corrected chi connectivity index (χ1v) is 7.98. The van der Waals surface area contributed by atoms with Crippen LogP contribution in [-0.4, -0.2) is 12.9 Å². The normalized spacial score (nSPS) is 36.8. The van der Waals surface area contributed by atoms with Crippen LogP contribution >= 0.6 is 0 Å². The molecule has 0 heterocycles. The minimum absolute atomic E-state index is 0.0433. The minimum Gasteiger partial charge on any atom is -0.497 e. The Kier molecular flexibility index (Phi) is 2.88. The van der Waals surface area contributed by atoms with Gasteiger partial charge < -0.3 is 4.74 Å². The maximum Gasteiger partial charge on any atom is 0.171 e. The topological polar surface area (TPSA) is 26.3 Å². The summed E-state index contributed by atoms with van der Waals surface area (Å²) in [6.07, 6.45) is 6.79. The first-order chi connectivity index (χ1) is 10.1. The molecule has 0 aromatic heterocycles. The van der Waals surface area contributed by atoms with E-state index in [1.807, 2.05) is 0 Å². The molecule has 1 aromatic rings. The molecule has 0 saturated heterocycles. The van der Waals surface area contributed by atoms with Gasteiger partial charge in [-0.05, 0) is 68.4 Å². The molecule has 112 valence electrons. The lowest BCUT2D eigenvalue weighted by Gasteiger charge is -2.55. The van der Waals surface area contributed by atoms with E-state index in [4.69, 9.17) is 4.74 Å². The van der Waals surface area contributed by atoms with Gasteiger partial charge in [-0.3, -0.25) is 4.79 Å². The molecule has 4 bridgehead atoms. The number of carbonyl (C=O) groups is 1. The van der Waals surface area contributed by atoms with Gasteiger partial charge in [-0.15, -0.1) is 0 Å². The first kappa shape index (κ1) is 13.3. The molecule has 4 saturated carbocycles. The van der Waals surface area contributed by atoms with E-state index >= 15 is 0 Å². The summed E-state index contributed by atoms with van der Waals surface area (Å²) >= 11 is 0. The van der Waals surface area contributed by atoms with Crippen molar-refractivity contribution in [3.05, 3.63) is 29.6 Å². The molecule has 0 N–H and O–H groups in total. The molecule has 5 rings (SSSR count). The summed E-state index contributed by atoms with van der Waals surface area (Å²) in [6, 6.07) is 4.62. The first-order valence-electron chi connectivity index (χ1n) is 7.98. The zero-order chi connectivity index (χ0) is 14.6. The summed E-state index contributed by atoms with van der Waals surface area (Å²) in [4.78, 5) is 13.0. The average molecular weight is 288 g/mol. The molecule has 0 radical (unpaired) electrons. The van der Waals surface area contributed by atoms with E-state index in [-0.39, 0.29) is 16.8 Å².